The van der Waals surface area contributed by atoms with Gasteiger partial charge in [0.05, 0.1) is 6.54 Å². The van der Waals surface area contributed by atoms with Gasteiger partial charge in [-0.2, -0.15) is 0 Å². The summed E-state index contributed by atoms with van der Waals surface area (Å²) in [6.45, 7) is -0.0202. The highest BCUT2D eigenvalue weighted by Gasteiger charge is 2.16. The largest absolute Gasteiger partial charge is 0.479 e. The SMILES string of the molecule is COC(CNC(=O)CCSc1ccc(Br)cc1)C(=O)O. The predicted molar refractivity (Wildman–Crippen MR) is 80.9 cm³/mol. The molecule has 0 saturated carbocycles. The summed E-state index contributed by atoms with van der Waals surface area (Å²) in [6.07, 6.45) is -0.672. The Morgan fingerprint density at radius 2 is 2.05 bits per heavy atom. The van der Waals surface area contributed by atoms with Gasteiger partial charge in [0, 0.05) is 28.7 Å². The number of amides is 1. The number of nitrogens with one attached hydrogen (secondary N) is 1. The van der Waals surface area contributed by atoms with Gasteiger partial charge in [-0.15, -0.1) is 11.8 Å². The quantitative estimate of drug-likeness (QED) is 0.693. The number of carboxylic acids is 1. The maximum absolute atomic E-state index is 11.5. The summed E-state index contributed by atoms with van der Waals surface area (Å²) in [5.41, 5.74) is 0. The number of thioether (sulfide) groups is 1. The molecule has 1 unspecified atom stereocenters. The number of rotatable bonds is 8. The predicted octanol–water partition coefficient (Wildman–Crippen LogP) is 2.15. The molecule has 0 aromatic heterocycles. The molecule has 0 fully saturated rings. The third-order valence-electron chi connectivity index (χ3n) is 2.46. The molecule has 1 atom stereocenters. The van der Waals surface area contributed by atoms with Gasteiger partial charge in [0.1, 0.15) is 0 Å². The smallest absolute Gasteiger partial charge is 0.334 e. The van der Waals surface area contributed by atoms with Gasteiger partial charge in [0.2, 0.25) is 5.91 Å². The average Bonchev–Trinajstić information content (AvgIpc) is 2.41. The van der Waals surface area contributed by atoms with E-state index in [-0.39, 0.29) is 12.5 Å². The van der Waals surface area contributed by atoms with Gasteiger partial charge < -0.3 is 15.2 Å². The van der Waals surface area contributed by atoms with Crippen molar-refractivity contribution in [2.45, 2.75) is 17.4 Å². The molecule has 1 aromatic rings. The summed E-state index contributed by atoms with van der Waals surface area (Å²) in [5.74, 6) is -0.631. The standard InChI is InChI=1S/C13H16BrNO4S/c1-19-11(13(17)18)8-15-12(16)6-7-20-10-4-2-9(14)3-5-10/h2-5,11H,6-8H2,1H3,(H,15,16)(H,17,18). The third-order valence-corrected chi connectivity index (χ3v) is 4.00. The van der Waals surface area contributed by atoms with Crippen LogP contribution in [0.2, 0.25) is 0 Å². The van der Waals surface area contributed by atoms with E-state index in [4.69, 9.17) is 9.84 Å². The summed E-state index contributed by atoms with van der Waals surface area (Å²) in [6, 6.07) is 7.83. The summed E-state index contributed by atoms with van der Waals surface area (Å²) in [7, 11) is 1.30. The molecule has 0 spiro atoms. The molecule has 0 heterocycles. The zero-order chi connectivity index (χ0) is 15.0. The van der Waals surface area contributed by atoms with Crippen LogP contribution >= 0.6 is 27.7 Å². The number of carboxylic acid groups (broad SMARTS) is 1. The van der Waals surface area contributed by atoms with E-state index in [2.05, 4.69) is 21.2 Å². The number of benzene rings is 1. The fraction of sp³-hybridized carbons (Fsp3) is 0.385. The Bertz CT molecular complexity index is 452. The molecule has 7 heteroatoms. The van der Waals surface area contributed by atoms with Crippen molar-refractivity contribution >= 4 is 39.6 Å². The Labute approximate surface area is 130 Å². The highest BCUT2D eigenvalue weighted by molar-refractivity contribution is 9.10. The molecular weight excluding hydrogens is 346 g/mol. The maximum Gasteiger partial charge on any atom is 0.334 e. The second-order valence-electron chi connectivity index (χ2n) is 3.92. The van der Waals surface area contributed by atoms with Crippen LogP contribution in [0.4, 0.5) is 0 Å². The molecule has 5 nitrogen and oxygen atoms in total. The summed E-state index contributed by atoms with van der Waals surface area (Å²) < 4.78 is 5.74. The molecule has 0 aliphatic carbocycles. The number of methoxy groups -OCH3 is 1. The van der Waals surface area contributed by atoms with Gasteiger partial charge in [-0.3, -0.25) is 4.79 Å². The molecule has 1 amide bonds. The minimum atomic E-state index is -1.09. The number of carbonyl (C=O) groups excluding carboxylic acids is 1. The van der Waals surface area contributed by atoms with Crippen LogP contribution in [0, 0.1) is 0 Å². The van der Waals surface area contributed by atoms with E-state index in [9.17, 15) is 9.59 Å². The molecule has 2 N–H and O–H groups in total. The van der Waals surface area contributed by atoms with Gasteiger partial charge in [0.25, 0.3) is 0 Å². The molecule has 0 bridgehead atoms. The first-order chi connectivity index (χ1) is 9.52. The number of carbonyl (C=O) groups is 2. The molecule has 1 aromatic carbocycles. The van der Waals surface area contributed by atoms with Crippen molar-refractivity contribution in [1.82, 2.24) is 5.32 Å². The first-order valence-electron chi connectivity index (χ1n) is 5.93. The zero-order valence-corrected chi connectivity index (χ0v) is 13.4. The third kappa shape index (κ3) is 6.40. The zero-order valence-electron chi connectivity index (χ0n) is 11.0. The van der Waals surface area contributed by atoms with Gasteiger partial charge in [-0.1, -0.05) is 15.9 Å². The first kappa shape index (κ1) is 17.0. The minimum absolute atomic E-state index is 0.0202. The second-order valence-corrected chi connectivity index (χ2v) is 6.00. The van der Waals surface area contributed by atoms with Crippen LogP contribution in [-0.2, 0) is 14.3 Å². The summed E-state index contributed by atoms with van der Waals surface area (Å²) >= 11 is 4.93. The second kappa shape index (κ2) is 8.99. The molecule has 1 rings (SSSR count). The molecule has 0 aliphatic rings. The van der Waals surface area contributed by atoms with E-state index in [1.54, 1.807) is 11.8 Å². The highest BCUT2D eigenvalue weighted by atomic mass is 79.9. The number of halogens is 1. The van der Waals surface area contributed by atoms with Crippen LogP contribution in [0.5, 0.6) is 0 Å². The number of hydrogen-bond acceptors (Lipinski definition) is 4. The Hall–Kier alpha value is -1.05. The van der Waals surface area contributed by atoms with E-state index in [0.29, 0.717) is 12.2 Å². The van der Waals surface area contributed by atoms with Crippen LogP contribution < -0.4 is 5.32 Å². The Morgan fingerprint density at radius 1 is 1.40 bits per heavy atom. The van der Waals surface area contributed by atoms with Gasteiger partial charge in [0.15, 0.2) is 6.10 Å². The van der Waals surface area contributed by atoms with Crippen molar-refractivity contribution in [2.75, 3.05) is 19.4 Å². The average molecular weight is 362 g/mol. The van der Waals surface area contributed by atoms with Crippen molar-refractivity contribution in [3.05, 3.63) is 28.7 Å². The lowest BCUT2D eigenvalue weighted by Crippen LogP contribution is -2.37. The van der Waals surface area contributed by atoms with Crippen molar-refractivity contribution < 1.29 is 19.4 Å². The van der Waals surface area contributed by atoms with Crippen molar-refractivity contribution in [3.8, 4) is 0 Å². The fourth-order valence-corrected chi connectivity index (χ4v) is 2.47. The number of hydrogen-bond donors (Lipinski definition) is 2. The summed E-state index contributed by atoms with van der Waals surface area (Å²) in [4.78, 5) is 23.3. The topological polar surface area (TPSA) is 75.6 Å². The lowest BCUT2D eigenvalue weighted by atomic mass is 10.3. The van der Waals surface area contributed by atoms with Crippen molar-refractivity contribution in [1.29, 1.82) is 0 Å². The molecular formula is C13H16BrNO4S. The van der Waals surface area contributed by atoms with E-state index < -0.39 is 12.1 Å². The molecule has 0 aliphatic heterocycles. The molecule has 20 heavy (non-hydrogen) atoms. The van der Waals surface area contributed by atoms with Gasteiger partial charge >= 0.3 is 5.97 Å². The lowest BCUT2D eigenvalue weighted by molar-refractivity contribution is -0.148. The van der Waals surface area contributed by atoms with Crippen LogP contribution in [0.15, 0.2) is 33.6 Å². The fourth-order valence-electron chi connectivity index (χ4n) is 1.36. The first-order valence-corrected chi connectivity index (χ1v) is 7.71. The van der Waals surface area contributed by atoms with Crippen molar-refractivity contribution in [3.63, 3.8) is 0 Å². The minimum Gasteiger partial charge on any atom is -0.479 e. The Morgan fingerprint density at radius 3 is 2.60 bits per heavy atom. The summed E-state index contributed by atoms with van der Waals surface area (Å²) in [5, 5.41) is 11.3. The highest BCUT2D eigenvalue weighted by Crippen LogP contribution is 2.21. The molecule has 0 saturated heterocycles. The maximum atomic E-state index is 11.5. The molecule has 110 valence electrons. The lowest BCUT2D eigenvalue weighted by Gasteiger charge is -2.11. The van der Waals surface area contributed by atoms with Gasteiger partial charge in [-0.25, -0.2) is 4.79 Å². The number of ether oxygens (including phenoxy) is 1. The van der Waals surface area contributed by atoms with E-state index in [1.165, 1.54) is 7.11 Å². The van der Waals surface area contributed by atoms with Crippen LogP contribution in [-0.4, -0.2) is 42.5 Å². The van der Waals surface area contributed by atoms with E-state index >= 15 is 0 Å². The van der Waals surface area contributed by atoms with Gasteiger partial charge in [-0.05, 0) is 24.3 Å². The van der Waals surface area contributed by atoms with Crippen LogP contribution in [0.25, 0.3) is 0 Å². The Balaban J connectivity index is 2.23. The van der Waals surface area contributed by atoms with E-state index in [1.807, 2.05) is 24.3 Å². The van der Waals surface area contributed by atoms with Crippen LogP contribution in [0.1, 0.15) is 6.42 Å². The van der Waals surface area contributed by atoms with E-state index in [0.717, 1.165) is 9.37 Å². The normalized spacial score (nSPS) is 11.9. The Kier molecular flexibility index (Phi) is 7.64. The van der Waals surface area contributed by atoms with Crippen molar-refractivity contribution in [2.24, 2.45) is 0 Å². The number of aliphatic carboxylic acids is 1. The molecule has 0 radical (unpaired) electrons. The monoisotopic (exact) mass is 361 g/mol. The van der Waals surface area contributed by atoms with Crippen LogP contribution in [0.3, 0.4) is 0 Å².